The SMILES string of the molecule is N#C/C(=C/c1c[nH]c2ccccc12)c1ccc(C#N)cc1. The quantitative estimate of drug-likeness (QED) is 0.712. The fraction of sp³-hybridized carbons (Fsp3) is 0. The third-order valence-electron chi connectivity index (χ3n) is 3.37. The number of fused-ring (bicyclic) bond motifs is 1. The molecule has 98 valence electrons. The molecule has 0 radical (unpaired) electrons. The average molecular weight is 269 g/mol. The van der Waals surface area contributed by atoms with Gasteiger partial charge in [-0.05, 0) is 29.8 Å². The van der Waals surface area contributed by atoms with E-state index < -0.39 is 0 Å². The molecular weight excluding hydrogens is 258 g/mol. The summed E-state index contributed by atoms with van der Waals surface area (Å²) in [7, 11) is 0. The summed E-state index contributed by atoms with van der Waals surface area (Å²) in [4.78, 5) is 3.19. The Labute approximate surface area is 122 Å². The lowest BCUT2D eigenvalue weighted by atomic mass is 10.0. The zero-order valence-corrected chi connectivity index (χ0v) is 11.2. The fourth-order valence-corrected chi connectivity index (χ4v) is 2.27. The summed E-state index contributed by atoms with van der Waals surface area (Å²) in [5.41, 5.74) is 3.99. The van der Waals surface area contributed by atoms with E-state index >= 15 is 0 Å². The Balaban J connectivity index is 2.07. The maximum Gasteiger partial charge on any atom is 0.0998 e. The Hall–Kier alpha value is -3.30. The van der Waals surface area contributed by atoms with E-state index in [2.05, 4.69) is 17.1 Å². The summed E-state index contributed by atoms with van der Waals surface area (Å²) in [5.74, 6) is 0. The number of para-hydroxylation sites is 1. The standard InChI is InChI=1S/C18H11N3/c19-10-13-5-7-14(8-6-13)15(11-20)9-16-12-21-18-4-2-1-3-17(16)18/h1-9,12,21H/b15-9-. The topological polar surface area (TPSA) is 63.4 Å². The Morgan fingerprint density at radius 3 is 2.48 bits per heavy atom. The van der Waals surface area contributed by atoms with Crippen molar-refractivity contribution in [2.75, 3.05) is 0 Å². The van der Waals surface area contributed by atoms with Gasteiger partial charge in [0, 0.05) is 22.7 Å². The lowest BCUT2D eigenvalue weighted by Crippen LogP contribution is -1.82. The zero-order chi connectivity index (χ0) is 14.7. The first kappa shape index (κ1) is 12.7. The second-order valence-corrected chi connectivity index (χ2v) is 4.65. The number of rotatable bonds is 2. The van der Waals surface area contributed by atoms with Gasteiger partial charge in [-0.25, -0.2) is 0 Å². The van der Waals surface area contributed by atoms with Crippen LogP contribution in [0.25, 0.3) is 22.6 Å². The van der Waals surface area contributed by atoms with E-state index in [1.807, 2.05) is 36.5 Å². The molecular formula is C18H11N3. The predicted molar refractivity (Wildman–Crippen MR) is 82.9 cm³/mol. The van der Waals surface area contributed by atoms with E-state index in [-0.39, 0.29) is 0 Å². The molecule has 0 aliphatic heterocycles. The number of hydrogen-bond donors (Lipinski definition) is 1. The van der Waals surface area contributed by atoms with Crippen LogP contribution in [0.4, 0.5) is 0 Å². The highest BCUT2D eigenvalue weighted by Crippen LogP contribution is 2.23. The van der Waals surface area contributed by atoms with Crippen LogP contribution in [0, 0.1) is 22.7 Å². The average Bonchev–Trinajstić information content (AvgIpc) is 2.96. The van der Waals surface area contributed by atoms with Crippen molar-refractivity contribution < 1.29 is 0 Å². The van der Waals surface area contributed by atoms with Gasteiger partial charge < -0.3 is 4.98 Å². The molecule has 0 saturated heterocycles. The summed E-state index contributed by atoms with van der Waals surface area (Å²) >= 11 is 0. The number of aromatic amines is 1. The predicted octanol–water partition coefficient (Wildman–Crippen LogP) is 4.10. The minimum atomic E-state index is 0.573. The number of H-pyrrole nitrogens is 1. The van der Waals surface area contributed by atoms with Crippen molar-refractivity contribution in [3.05, 3.63) is 71.4 Å². The van der Waals surface area contributed by atoms with E-state index in [1.165, 1.54) is 0 Å². The van der Waals surface area contributed by atoms with Gasteiger partial charge in [-0.15, -0.1) is 0 Å². The molecule has 0 fully saturated rings. The Morgan fingerprint density at radius 1 is 1.00 bits per heavy atom. The van der Waals surface area contributed by atoms with Crippen LogP contribution >= 0.6 is 0 Å². The molecule has 0 atom stereocenters. The zero-order valence-electron chi connectivity index (χ0n) is 11.2. The van der Waals surface area contributed by atoms with Crippen molar-refractivity contribution in [3.8, 4) is 12.1 Å². The normalized spacial score (nSPS) is 11.0. The van der Waals surface area contributed by atoms with Crippen molar-refractivity contribution in [1.29, 1.82) is 10.5 Å². The molecule has 3 rings (SSSR count). The van der Waals surface area contributed by atoms with E-state index in [9.17, 15) is 5.26 Å². The Bertz CT molecular complexity index is 900. The van der Waals surface area contributed by atoms with Gasteiger partial charge >= 0.3 is 0 Å². The number of aromatic nitrogens is 1. The second-order valence-electron chi connectivity index (χ2n) is 4.65. The summed E-state index contributed by atoms with van der Waals surface area (Å²) < 4.78 is 0. The summed E-state index contributed by atoms with van der Waals surface area (Å²) in [6.45, 7) is 0. The van der Waals surface area contributed by atoms with Crippen LogP contribution in [-0.2, 0) is 0 Å². The van der Waals surface area contributed by atoms with Gasteiger partial charge in [-0.3, -0.25) is 0 Å². The summed E-state index contributed by atoms with van der Waals surface area (Å²) in [5, 5.41) is 19.3. The van der Waals surface area contributed by atoms with E-state index in [4.69, 9.17) is 5.26 Å². The molecule has 1 N–H and O–H groups in total. The van der Waals surface area contributed by atoms with Crippen molar-refractivity contribution >= 4 is 22.6 Å². The molecule has 0 saturated carbocycles. The molecule has 1 aromatic heterocycles. The molecule has 0 spiro atoms. The number of nitriles is 2. The minimum Gasteiger partial charge on any atom is -0.361 e. The maximum atomic E-state index is 9.38. The molecule has 0 aliphatic carbocycles. The van der Waals surface area contributed by atoms with Gasteiger partial charge in [-0.2, -0.15) is 10.5 Å². The Kier molecular flexibility index (Phi) is 3.25. The fourth-order valence-electron chi connectivity index (χ4n) is 2.27. The first-order valence-corrected chi connectivity index (χ1v) is 6.50. The van der Waals surface area contributed by atoms with Gasteiger partial charge in [0.2, 0.25) is 0 Å². The monoisotopic (exact) mass is 269 g/mol. The van der Waals surface area contributed by atoms with Crippen molar-refractivity contribution in [2.24, 2.45) is 0 Å². The lowest BCUT2D eigenvalue weighted by Gasteiger charge is -1.99. The van der Waals surface area contributed by atoms with E-state index in [0.717, 1.165) is 22.0 Å². The second kappa shape index (κ2) is 5.36. The first-order chi connectivity index (χ1) is 10.3. The van der Waals surface area contributed by atoms with Crippen LogP contribution in [0.15, 0.2) is 54.7 Å². The van der Waals surface area contributed by atoms with Crippen LogP contribution in [0.5, 0.6) is 0 Å². The number of nitrogens with one attached hydrogen (secondary N) is 1. The summed E-state index contributed by atoms with van der Waals surface area (Å²) in [6, 6.07) is 19.3. The van der Waals surface area contributed by atoms with Crippen molar-refractivity contribution in [3.63, 3.8) is 0 Å². The molecule has 0 aliphatic rings. The molecule has 3 nitrogen and oxygen atoms in total. The van der Waals surface area contributed by atoms with Gasteiger partial charge in [-0.1, -0.05) is 30.3 Å². The molecule has 1 heterocycles. The largest absolute Gasteiger partial charge is 0.361 e. The smallest absolute Gasteiger partial charge is 0.0998 e. The molecule has 3 aromatic rings. The van der Waals surface area contributed by atoms with Crippen LogP contribution in [0.3, 0.4) is 0 Å². The summed E-state index contributed by atoms with van der Waals surface area (Å²) in [6.07, 6.45) is 3.76. The lowest BCUT2D eigenvalue weighted by molar-refractivity contribution is 1.47. The minimum absolute atomic E-state index is 0.573. The number of hydrogen-bond acceptors (Lipinski definition) is 2. The third kappa shape index (κ3) is 2.41. The number of nitrogens with zero attached hydrogens (tertiary/aromatic N) is 2. The molecule has 3 heteroatoms. The molecule has 2 aromatic carbocycles. The molecule has 0 unspecified atom stereocenters. The molecule has 0 bridgehead atoms. The third-order valence-corrected chi connectivity index (χ3v) is 3.37. The van der Waals surface area contributed by atoms with Gasteiger partial charge in [0.1, 0.15) is 0 Å². The maximum absolute atomic E-state index is 9.38. The van der Waals surface area contributed by atoms with Crippen molar-refractivity contribution in [1.82, 2.24) is 4.98 Å². The van der Waals surface area contributed by atoms with E-state index in [0.29, 0.717) is 11.1 Å². The highest BCUT2D eigenvalue weighted by molar-refractivity contribution is 5.97. The van der Waals surface area contributed by atoms with E-state index in [1.54, 1.807) is 24.3 Å². The number of benzene rings is 2. The highest BCUT2D eigenvalue weighted by Gasteiger charge is 2.05. The van der Waals surface area contributed by atoms with Crippen LogP contribution < -0.4 is 0 Å². The van der Waals surface area contributed by atoms with Crippen LogP contribution in [-0.4, -0.2) is 4.98 Å². The number of allylic oxidation sites excluding steroid dienone is 1. The Morgan fingerprint density at radius 2 is 1.76 bits per heavy atom. The van der Waals surface area contributed by atoms with Crippen LogP contribution in [0.1, 0.15) is 16.7 Å². The first-order valence-electron chi connectivity index (χ1n) is 6.50. The molecule has 21 heavy (non-hydrogen) atoms. The van der Waals surface area contributed by atoms with Crippen LogP contribution in [0.2, 0.25) is 0 Å². The van der Waals surface area contributed by atoms with Gasteiger partial charge in [0.15, 0.2) is 0 Å². The molecule has 0 amide bonds. The van der Waals surface area contributed by atoms with Gasteiger partial charge in [0.25, 0.3) is 0 Å². The van der Waals surface area contributed by atoms with Gasteiger partial charge in [0.05, 0.1) is 23.3 Å². The highest BCUT2D eigenvalue weighted by atomic mass is 14.7. The van der Waals surface area contributed by atoms with Crippen molar-refractivity contribution in [2.45, 2.75) is 0 Å².